The molecule has 0 aliphatic carbocycles. The minimum atomic E-state index is -0.484. The molecule has 1 aromatic heterocycles. The summed E-state index contributed by atoms with van der Waals surface area (Å²) >= 11 is 0. The number of anilines is 1. The van der Waals surface area contributed by atoms with Crippen LogP contribution in [-0.4, -0.2) is 63.0 Å². The van der Waals surface area contributed by atoms with Crippen molar-refractivity contribution in [3.63, 3.8) is 0 Å². The number of carbonyl (C=O) groups excluding carboxylic acids is 1. The molecule has 1 amide bonds. The van der Waals surface area contributed by atoms with E-state index in [1.165, 1.54) is 5.56 Å². The highest BCUT2D eigenvalue weighted by molar-refractivity contribution is 5.68. The minimum Gasteiger partial charge on any atom is -0.444 e. The predicted molar refractivity (Wildman–Crippen MR) is 98.6 cm³/mol. The fourth-order valence-electron chi connectivity index (χ4n) is 2.87. The predicted octanol–water partition coefficient (Wildman–Crippen LogP) is 2.28. The first-order valence-electron chi connectivity index (χ1n) is 8.98. The average Bonchev–Trinajstić information content (AvgIpc) is 3.10. The molecule has 2 heterocycles. The summed E-state index contributed by atoms with van der Waals surface area (Å²) in [7, 11) is 0. The lowest BCUT2D eigenvalue weighted by molar-refractivity contribution is 0.0240. The molecular formula is C18H26N6O2. The molecule has 3 rings (SSSR count). The van der Waals surface area contributed by atoms with Gasteiger partial charge in [0.2, 0.25) is 5.95 Å². The number of nitrogens with zero attached hydrogens (tertiary/aromatic N) is 6. The Morgan fingerprint density at radius 2 is 1.92 bits per heavy atom. The maximum absolute atomic E-state index is 12.2. The second-order valence-corrected chi connectivity index (χ2v) is 7.37. The number of hydrogen-bond acceptors (Lipinski definition) is 6. The van der Waals surface area contributed by atoms with Crippen molar-refractivity contribution in [2.24, 2.45) is 0 Å². The molecular weight excluding hydrogens is 332 g/mol. The SMILES string of the molecule is CCc1cccc(-n2nnnc2N2CCN(C(=O)OC(C)(C)C)CC2)c1. The van der Waals surface area contributed by atoms with Crippen molar-refractivity contribution in [2.45, 2.75) is 39.7 Å². The van der Waals surface area contributed by atoms with Crippen LogP contribution in [0.15, 0.2) is 24.3 Å². The average molecular weight is 358 g/mol. The number of piperazine rings is 1. The molecule has 0 saturated carbocycles. The summed E-state index contributed by atoms with van der Waals surface area (Å²) in [4.78, 5) is 16.0. The first-order valence-corrected chi connectivity index (χ1v) is 8.98. The number of carbonyl (C=O) groups is 1. The zero-order valence-corrected chi connectivity index (χ0v) is 15.8. The van der Waals surface area contributed by atoms with Gasteiger partial charge in [0.25, 0.3) is 0 Å². The highest BCUT2D eigenvalue weighted by Gasteiger charge is 2.28. The number of benzene rings is 1. The first-order chi connectivity index (χ1) is 12.4. The maximum Gasteiger partial charge on any atom is 0.410 e. The van der Waals surface area contributed by atoms with E-state index in [-0.39, 0.29) is 6.09 Å². The number of tetrazole rings is 1. The summed E-state index contributed by atoms with van der Waals surface area (Å²) in [5, 5.41) is 12.2. The molecule has 0 bridgehead atoms. The smallest absolute Gasteiger partial charge is 0.410 e. The van der Waals surface area contributed by atoms with E-state index in [1.54, 1.807) is 9.58 Å². The van der Waals surface area contributed by atoms with Gasteiger partial charge in [-0.3, -0.25) is 0 Å². The molecule has 0 atom stereocenters. The lowest BCUT2D eigenvalue weighted by Gasteiger charge is -2.35. The maximum atomic E-state index is 12.2. The molecule has 1 fully saturated rings. The van der Waals surface area contributed by atoms with Crippen LogP contribution in [0.4, 0.5) is 10.7 Å². The lowest BCUT2D eigenvalue weighted by atomic mass is 10.1. The van der Waals surface area contributed by atoms with Gasteiger partial charge in [-0.15, -0.1) is 0 Å². The van der Waals surface area contributed by atoms with Gasteiger partial charge in [-0.05, 0) is 55.3 Å². The molecule has 8 heteroatoms. The zero-order valence-electron chi connectivity index (χ0n) is 15.8. The Morgan fingerprint density at radius 1 is 1.19 bits per heavy atom. The molecule has 0 N–H and O–H groups in total. The van der Waals surface area contributed by atoms with Crippen LogP contribution in [0.2, 0.25) is 0 Å². The highest BCUT2D eigenvalue weighted by atomic mass is 16.6. The summed E-state index contributed by atoms with van der Waals surface area (Å²) in [6, 6.07) is 8.19. The van der Waals surface area contributed by atoms with E-state index in [0.717, 1.165) is 12.1 Å². The van der Waals surface area contributed by atoms with E-state index in [2.05, 4.69) is 39.5 Å². The fraction of sp³-hybridized carbons (Fsp3) is 0.556. The van der Waals surface area contributed by atoms with Gasteiger partial charge in [0, 0.05) is 26.2 Å². The first kappa shape index (κ1) is 18.2. The van der Waals surface area contributed by atoms with Crippen LogP contribution < -0.4 is 4.90 Å². The summed E-state index contributed by atoms with van der Waals surface area (Å²) in [6.45, 7) is 10.2. The Labute approximate surface area is 153 Å². The van der Waals surface area contributed by atoms with Gasteiger partial charge < -0.3 is 14.5 Å². The molecule has 2 aromatic rings. The molecule has 0 spiro atoms. The van der Waals surface area contributed by atoms with Gasteiger partial charge in [0.15, 0.2) is 0 Å². The molecule has 1 aliphatic heterocycles. The highest BCUT2D eigenvalue weighted by Crippen LogP contribution is 2.19. The Hall–Kier alpha value is -2.64. The van der Waals surface area contributed by atoms with Gasteiger partial charge in [-0.2, -0.15) is 4.68 Å². The van der Waals surface area contributed by atoms with Crippen molar-refractivity contribution in [3.05, 3.63) is 29.8 Å². The number of ether oxygens (including phenoxy) is 1. The third-order valence-corrected chi connectivity index (χ3v) is 4.23. The third kappa shape index (κ3) is 4.12. The summed E-state index contributed by atoms with van der Waals surface area (Å²) < 4.78 is 7.20. The summed E-state index contributed by atoms with van der Waals surface area (Å²) in [5.41, 5.74) is 1.69. The van der Waals surface area contributed by atoms with Gasteiger partial charge in [0.1, 0.15) is 5.60 Å². The van der Waals surface area contributed by atoms with Gasteiger partial charge in [-0.25, -0.2) is 4.79 Å². The van der Waals surface area contributed by atoms with E-state index in [9.17, 15) is 4.79 Å². The minimum absolute atomic E-state index is 0.271. The van der Waals surface area contributed by atoms with E-state index >= 15 is 0 Å². The number of rotatable bonds is 3. The molecule has 0 radical (unpaired) electrons. The number of hydrogen-bond donors (Lipinski definition) is 0. The quantitative estimate of drug-likeness (QED) is 0.838. The van der Waals surface area contributed by atoms with Crippen LogP contribution in [0.25, 0.3) is 5.69 Å². The third-order valence-electron chi connectivity index (χ3n) is 4.23. The van der Waals surface area contributed by atoms with Crippen LogP contribution in [0.3, 0.4) is 0 Å². The number of aromatic nitrogens is 4. The second kappa shape index (κ2) is 7.31. The van der Waals surface area contributed by atoms with Crippen molar-refractivity contribution >= 4 is 12.0 Å². The van der Waals surface area contributed by atoms with Crippen molar-refractivity contribution in [3.8, 4) is 5.69 Å². The number of amides is 1. The van der Waals surface area contributed by atoms with E-state index in [1.807, 2.05) is 32.9 Å². The lowest BCUT2D eigenvalue weighted by Crippen LogP contribution is -2.50. The summed E-state index contributed by atoms with van der Waals surface area (Å²) in [6.07, 6.45) is 0.687. The van der Waals surface area contributed by atoms with Crippen LogP contribution >= 0.6 is 0 Å². The van der Waals surface area contributed by atoms with Gasteiger partial charge in [-0.1, -0.05) is 24.2 Å². The van der Waals surface area contributed by atoms with Crippen molar-refractivity contribution in [1.29, 1.82) is 0 Å². The Kier molecular flexibility index (Phi) is 5.11. The standard InChI is InChI=1S/C18H26N6O2/c1-5-14-7-6-8-15(13-14)24-16(19-20-21-24)22-9-11-23(12-10-22)17(25)26-18(2,3)4/h6-8,13H,5,9-12H2,1-4H3. The Morgan fingerprint density at radius 3 is 2.58 bits per heavy atom. The largest absolute Gasteiger partial charge is 0.444 e. The molecule has 140 valence electrons. The van der Waals surface area contributed by atoms with Gasteiger partial charge in [0.05, 0.1) is 5.69 Å². The Balaban J connectivity index is 1.69. The van der Waals surface area contributed by atoms with Crippen molar-refractivity contribution in [2.75, 3.05) is 31.1 Å². The van der Waals surface area contributed by atoms with Crippen LogP contribution in [0.5, 0.6) is 0 Å². The van der Waals surface area contributed by atoms with Crippen molar-refractivity contribution < 1.29 is 9.53 Å². The molecule has 1 aliphatic rings. The molecule has 0 unspecified atom stereocenters. The van der Waals surface area contributed by atoms with E-state index < -0.39 is 5.60 Å². The van der Waals surface area contributed by atoms with Crippen LogP contribution in [0, 0.1) is 0 Å². The van der Waals surface area contributed by atoms with Crippen LogP contribution in [-0.2, 0) is 11.2 Å². The second-order valence-electron chi connectivity index (χ2n) is 7.37. The number of aryl methyl sites for hydroxylation is 1. The summed E-state index contributed by atoms with van der Waals surface area (Å²) in [5.74, 6) is 0.696. The monoisotopic (exact) mass is 358 g/mol. The normalized spacial score (nSPS) is 15.2. The van der Waals surface area contributed by atoms with Gasteiger partial charge >= 0.3 is 6.09 Å². The van der Waals surface area contributed by atoms with E-state index in [0.29, 0.717) is 32.1 Å². The van der Waals surface area contributed by atoms with E-state index in [4.69, 9.17) is 4.74 Å². The zero-order chi connectivity index (χ0) is 18.7. The van der Waals surface area contributed by atoms with Crippen LogP contribution in [0.1, 0.15) is 33.3 Å². The molecule has 26 heavy (non-hydrogen) atoms. The molecule has 1 aromatic carbocycles. The fourth-order valence-corrected chi connectivity index (χ4v) is 2.87. The topological polar surface area (TPSA) is 76.4 Å². The molecule has 1 saturated heterocycles. The van der Waals surface area contributed by atoms with Crippen molar-refractivity contribution in [1.82, 2.24) is 25.1 Å². The Bertz CT molecular complexity index is 759. The molecule has 8 nitrogen and oxygen atoms in total.